The van der Waals surface area contributed by atoms with E-state index in [9.17, 15) is 33.6 Å². The highest BCUT2D eigenvalue weighted by Crippen LogP contribution is 2.29. The molecule has 0 bridgehead atoms. The number of hydrogen-bond acceptors (Lipinski definition) is 13. The fourth-order valence-corrected chi connectivity index (χ4v) is 6.77. The van der Waals surface area contributed by atoms with Crippen molar-refractivity contribution in [3.8, 4) is 5.75 Å². The average molecular weight is 975 g/mol. The van der Waals surface area contributed by atoms with Gasteiger partial charge in [0.2, 0.25) is 6.04 Å². The highest BCUT2D eigenvalue weighted by Gasteiger charge is 2.33. The Kier molecular flexibility index (Phi) is 22.1. The number of anilines is 2. The lowest BCUT2D eigenvalue weighted by Gasteiger charge is -2.19. The maximum Gasteiger partial charge on any atom is 0.347 e. The van der Waals surface area contributed by atoms with E-state index in [1.54, 1.807) is 36.4 Å². The number of fused-ring (bicyclic) bond motifs is 1. The van der Waals surface area contributed by atoms with Crippen molar-refractivity contribution in [1.82, 2.24) is 15.0 Å². The molecule has 3 atom stereocenters. The number of carbonyl (C=O) groups excluding carboxylic acids is 7. The molecule has 0 saturated carbocycles. The van der Waals surface area contributed by atoms with Crippen LogP contribution in [0.4, 0.5) is 11.4 Å². The van der Waals surface area contributed by atoms with Crippen molar-refractivity contribution in [2.45, 2.75) is 117 Å². The van der Waals surface area contributed by atoms with E-state index in [0.717, 1.165) is 23.9 Å². The van der Waals surface area contributed by atoms with Crippen LogP contribution in [0.3, 0.4) is 0 Å². The molecule has 16 nitrogen and oxygen atoms in total. The molecule has 2 N–H and O–H groups in total. The standard InChI is InChI=1S/C42H49Cl2N5O9.C8H8O2/c1-5-6-7-8-9-10-11-12-13-16-23-56-40(53)28(4)58-42(55)30-20-22-32(44)35(25-30)46-39(52)37(49-36-18-15-14-17-33(36)47-48-49)38(51)45-34-24-29(19-21-31(34)43)41(54)57-27(3)26(2)50;1-7(9)10-8-5-3-2-4-6-8/h14-15,17-22,24-25,27-28,37H,5-13,16,23H2,1-4H3,(H,45,51)(H,46,52);2-6H,1H3. The fourth-order valence-electron chi connectivity index (χ4n) is 6.44. The number of unbranched alkanes of at least 4 members (excludes halogenated alkanes) is 9. The lowest BCUT2D eigenvalue weighted by molar-refractivity contribution is -0.153. The van der Waals surface area contributed by atoms with Gasteiger partial charge in [-0.3, -0.25) is 19.2 Å². The Hall–Kier alpha value is -6.65. The van der Waals surface area contributed by atoms with E-state index in [0.29, 0.717) is 23.2 Å². The minimum atomic E-state index is -1.74. The number of amides is 2. The number of para-hydroxylation sites is 2. The molecule has 18 heteroatoms. The summed E-state index contributed by atoms with van der Waals surface area (Å²) >= 11 is 12.8. The fraction of sp³-hybridized carbons (Fsp3) is 0.380. The second-order valence-electron chi connectivity index (χ2n) is 15.8. The summed E-state index contributed by atoms with van der Waals surface area (Å²) in [6.45, 7) is 7.91. The van der Waals surface area contributed by atoms with Gasteiger partial charge < -0.3 is 29.6 Å². The number of benzene rings is 4. The van der Waals surface area contributed by atoms with E-state index in [1.807, 2.05) is 18.2 Å². The lowest BCUT2D eigenvalue weighted by Crippen LogP contribution is -2.37. The number of carbonyl (C=O) groups is 7. The Bertz CT molecular complexity index is 2520. The van der Waals surface area contributed by atoms with E-state index in [2.05, 4.69) is 27.9 Å². The minimum absolute atomic E-state index is 0.0190. The highest BCUT2D eigenvalue weighted by atomic mass is 35.5. The Balaban J connectivity index is 0.000000891. The molecule has 1 aromatic heterocycles. The monoisotopic (exact) mass is 973 g/mol. The molecule has 0 aliphatic heterocycles. The van der Waals surface area contributed by atoms with Crippen molar-refractivity contribution in [3.63, 3.8) is 0 Å². The number of esters is 4. The summed E-state index contributed by atoms with van der Waals surface area (Å²) in [7, 11) is 0. The predicted molar refractivity (Wildman–Crippen MR) is 258 cm³/mol. The van der Waals surface area contributed by atoms with E-state index < -0.39 is 48.0 Å². The number of ketones is 1. The van der Waals surface area contributed by atoms with Crippen LogP contribution in [0.25, 0.3) is 11.0 Å². The van der Waals surface area contributed by atoms with Crippen molar-refractivity contribution in [1.29, 1.82) is 0 Å². The molecule has 0 fully saturated rings. The third-order valence-corrected chi connectivity index (χ3v) is 10.9. The van der Waals surface area contributed by atoms with Crippen molar-refractivity contribution in [2.24, 2.45) is 0 Å². The van der Waals surface area contributed by atoms with Crippen LogP contribution in [0.15, 0.2) is 91.0 Å². The van der Waals surface area contributed by atoms with Crippen LogP contribution >= 0.6 is 23.2 Å². The number of Topliss-reactive ketones (excluding diaryl/α,β-unsaturated/α-hetero) is 1. The summed E-state index contributed by atoms with van der Waals surface area (Å²) < 4.78 is 21.7. The molecule has 362 valence electrons. The van der Waals surface area contributed by atoms with E-state index in [1.165, 1.54) is 103 Å². The van der Waals surface area contributed by atoms with Crippen LogP contribution in [0.5, 0.6) is 5.75 Å². The van der Waals surface area contributed by atoms with Crippen molar-refractivity contribution < 1.29 is 52.5 Å². The van der Waals surface area contributed by atoms with E-state index >= 15 is 0 Å². The number of nitrogens with one attached hydrogen (secondary N) is 2. The van der Waals surface area contributed by atoms with Gasteiger partial charge in [0.1, 0.15) is 11.3 Å². The van der Waals surface area contributed by atoms with Crippen LogP contribution in [0.1, 0.15) is 126 Å². The van der Waals surface area contributed by atoms with Gasteiger partial charge in [0.05, 0.1) is 44.7 Å². The van der Waals surface area contributed by atoms with Crippen LogP contribution in [0.2, 0.25) is 10.0 Å². The number of rotatable bonds is 23. The van der Waals surface area contributed by atoms with Gasteiger partial charge in [-0.05, 0) is 87.9 Å². The second-order valence-corrected chi connectivity index (χ2v) is 16.6. The first kappa shape index (κ1) is 54.0. The largest absolute Gasteiger partial charge is 0.463 e. The molecule has 68 heavy (non-hydrogen) atoms. The zero-order valence-electron chi connectivity index (χ0n) is 38.8. The third kappa shape index (κ3) is 17.2. The summed E-state index contributed by atoms with van der Waals surface area (Å²) in [6, 6.07) is 21.7. The lowest BCUT2D eigenvalue weighted by atomic mass is 10.1. The number of halogens is 2. The van der Waals surface area contributed by atoms with E-state index in [-0.39, 0.29) is 50.9 Å². The summed E-state index contributed by atoms with van der Waals surface area (Å²) in [4.78, 5) is 88.5. The van der Waals surface area contributed by atoms with Crippen molar-refractivity contribution >= 4 is 87.1 Å². The van der Waals surface area contributed by atoms with Gasteiger partial charge in [0, 0.05) is 6.92 Å². The summed E-state index contributed by atoms with van der Waals surface area (Å²) in [6.07, 6.45) is 9.18. The summed E-state index contributed by atoms with van der Waals surface area (Å²) in [5.74, 6) is -4.33. The molecule has 0 aliphatic rings. The van der Waals surface area contributed by atoms with Gasteiger partial charge in [-0.25, -0.2) is 19.1 Å². The topological polar surface area (TPSA) is 211 Å². The van der Waals surface area contributed by atoms with Crippen molar-refractivity contribution in [3.05, 3.63) is 112 Å². The molecule has 0 radical (unpaired) electrons. The first-order chi connectivity index (χ1) is 32.6. The summed E-state index contributed by atoms with van der Waals surface area (Å²) in [5.41, 5.74) is 0.550. The smallest absolute Gasteiger partial charge is 0.347 e. The molecule has 0 saturated heterocycles. The molecule has 0 spiro atoms. The maximum absolute atomic E-state index is 14.0. The van der Waals surface area contributed by atoms with Gasteiger partial charge in [-0.1, -0.05) is 123 Å². The maximum atomic E-state index is 14.0. The second kappa shape index (κ2) is 27.9. The number of hydrogen-bond donors (Lipinski definition) is 2. The predicted octanol–water partition coefficient (Wildman–Crippen LogP) is 10.3. The van der Waals surface area contributed by atoms with Crippen molar-refractivity contribution in [2.75, 3.05) is 17.2 Å². The molecule has 3 unspecified atom stereocenters. The third-order valence-electron chi connectivity index (χ3n) is 10.3. The molecule has 4 aromatic carbocycles. The quantitative estimate of drug-likeness (QED) is 0.0205. The van der Waals surface area contributed by atoms with Crippen LogP contribution in [-0.2, 0) is 38.2 Å². The van der Waals surface area contributed by atoms with Crippen LogP contribution < -0.4 is 15.4 Å². The van der Waals surface area contributed by atoms with Gasteiger partial charge >= 0.3 is 23.9 Å². The van der Waals surface area contributed by atoms with E-state index in [4.69, 9.17) is 42.1 Å². The zero-order chi connectivity index (χ0) is 49.6. The minimum Gasteiger partial charge on any atom is -0.463 e. The van der Waals surface area contributed by atoms with Crippen LogP contribution in [0, 0.1) is 0 Å². The molecule has 2 amide bonds. The average Bonchev–Trinajstić information content (AvgIpc) is 3.73. The van der Waals surface area contributed by atoms with Gasteiger partial charge in [-0.15, -0.1) is 5.10 Å². The molecule has 5 aromatic rings. The van der Waals surface area contributed by atoms with Gasteiger partial charge in [-0.2, -0.15) is 0 Å². The molecule has 1 heterocycles. The molecule has 5 rings (SSSR count). The number of nitrogens with zero attached hydrogens (tertiary/aromatic N) is 3. The SMILES string of the molecule is CC(=O)Oc1ccccc1.CCCCCCCCCCCCOC(=O)C(C)OC(=O)c1ccc(Cl)c(NC(=O)C(C(=O)Nc2cc(C(=O)OC(C)C(C)=O)ccc2Cl)n2nnc3ccccc32)c1. The zero-order valence-corrected chi connectivity index (χ0v) is 40.3. The first-order valence-corrected chi connectivity index (χ1v) is 23.2. The highest BCUT2D eigenvalue weighted by molar-refractivity contribution is 6.35. The molecular weight excluding hydrogens is 917 g/mol. The summed E-state index contributed by atoms with van der Waals surface area (Å²) in [5, 5.41) is 13.3. The molecule has 0 aliphatic carbocycles. The molecular formula is C50H57Cl2N5O11. The number of aromatic nitrogens is 3. The number of ether oxygens (including phenoxy) is 4. The van der Waals surface area contributed by atoms with Crippen LogP contribution in [-0.4, -0.2) is 75.3 Å². The van der Waals surface area contributed by atoms with Gasteiger partial charge in [0.15, 0.2) is 18.0 Å². The Morgan fingerprint density at radius 3 is 1.66 bits per heavy atom. The Morgan fingerprint density at radius 2 is 1.13 bits per heavy atom. The normalized spacial score (nSPS) is 12.0. The van der Waals surface area contributed by atoms with Gasteiger partial charge in [0.25, 0.3) is 11.8 Å². The first-order valence-electron chi connectivity index (χ1n) is 22.4. The Morgan fingerprint density at radius 1 is 0.632 bits per heavy atom. The Labute approximate surface area is 405 Å².